The zero-order valence-corrected chi connectivity index (χ0v) is 7.66. The van der Waals surface area contributed by atoms with Crippen molar-refractivity contribution in [2.75, 3.05) is 13.1 Å². The zero-order valence-electron chi connectivity index (χ0n) is 7.66. The van der Waals surface area contributed by atoms with Crippen molar-refractivity contribution in [3.63, 3.8) is 0 Å². The van der Waals surface area contributed by atoms with Crippen molar-refractivity contribution in [3.8, 4) is 0 Å². The van der Waals surface area contributed by atoms with Gasteiger partial charge in [-0.2, -0.15) is 13.2 Å². The number of halogens is 3. The van der Waals surface area contributed by atoms with Gasteiger partial charge in [0.25, 0.3) is 0 Å². The summed E-state index contributed by atoms with van der Waals surface area (Å²) in [6.07, 6.45) is -3.09. The van der Waals surface area contributed by atoms with Gasteiger partial charge in [-0.15, -0.1) is 0 Å². The number of nitrogens with one attached hydrogen (secondary N) is 2. The molecule has 1 aliphatic rings. The fourth-order valence-corrected chi connectivity index (χ4v) is 0.938. The normalized spacial score (nSPS) is 16.8. The van der Waals surface area contributed by atoms with Gasteiger partial charge in [0.05, 0.1) is 13.0 Å². The van der Waals surface area contributed by atoms with Gasteiger partial charge < -0.3 is 10.6 Å². The number of rotatable bonds is 5. The van der Waals surface area contributed by atoms with Crippen LogP contribution in [0.5, 0.6) is 0 Å². The van der Waals surface area contributed by atoms with E-state index in [1.54, 1.807) is 0 Å². The summed E-state index contributed by atoms with van der Waals surface area (Å²) >= 11 is 0. The molecule has 0 atom stereocenters. The van der Waals surface area contributed by atoms with Gasteiger partial charge in [-0.25, -0.2) is 0 Å². The lowest BCUT2D eigenvalue weighted by Gasteiger charge is -2.07. The first-order valence-corrected chi connectivity index (χ1v) is 4.54. The molecule has 0 aromatic heterocycles. The first-order chi connectivity index (χ1) is 6.47. The van der Waals surface area contributed by atoms with Crippen LogP contribution in [0.25, 0.3) is 0 Å². The third-order valence-electron chi connectivity index (χ3n) is 1.81. The Balaban J connectivity index is 1.94. The standard InChI is InChI=1S/C8H13F3N2O/c9-8(10,11)3-4-12-5-7(14)13-6-1-2-6/h6,12H,1-5H2,(H,13,14). The minimum absolute atomic E-state index is 0.0351. The van der Waals surface area contributed by atoms with Crippen molar-refractivity contribution in [2.45, 2.75) is 31.5 Å². The van der Waals surface area contributed by atoms with Crippen LogP contribution in [-0.4, -0.2) is 31.2 Å². The van der Waals surface area contributed by atoms with Gasteiger partial charge in [0.2, 0.25) is 5.91 Å². The Morgan fingerprint density at radius 2 is 2.00 bits per heavy atom. The molecule has 0 heterocycles. The van der Waals surface area contributed by atoms with Crippen LogP contribution in [0.2, 0.25) is 0 Å². The average Bonchev–Trinajstić information content (AvgIpc) is 2.80. The zero-order chi connectivity index (χ0) is 10.6. The summed E-state index contributed by atoms with van der Waals surface area (Å²) in [7, 11) is 0. The molecule has 0 saturated heterocycles. The van der Waals surface area contributed by atoms with Crippen LogP contribution >= 0.6 is 0 Å². The van der Waals surface area contributed by atoms with E-state index in [2.05, 4.69) is 10.6 Å². The predicted molar refractivity (Wildman–Crippen MR) is 44.7 cm³/mol. The van der Waals surface area contributed by atoms with Crippen LogP contribution in [0.1, 0.15) is 19.3 Å². The molecule has 1 aliphatic carbocycles. The molecule has 0 aliphatic heterocycles. The van der Waals surface area contributed by atoms with Crippen molar-refractivity contribution in [2.24, 2.45) is 0 Å². The van der Waals surface area contributed by atoms with Gasteiger partial charge >= 0.3 is 6.18 Å². The topological polar surface area (TPSA) is 41.1 Å². The molecule has 1 fully saturated rings. The monoisotopic (exact) mass is 210 g/mol. The molecule has 0 spiro atoms. The van der Waals surface area contributed by atoms with Gasteiger partial charge in [0.15, 0.2) is 0 Å². The Bertz CT molecular complexity index is 201. The Morgan fingerprint density at radius 3 is 2.50 bits per heavy atom. The van der Waals surface area contributed by atoms with Crippen LogP contribution in [0.15, 0.2) is 0 Å². The molecule has 1 saturated carbocycles. The highest BCUT2D eigenvalue weighted by atomic mass is 19.4. The maximum absolute atomic E-state index is 11.7. The average molecular weight is 210 g/mol. The Morgan fingerprint density at radius 1 is 1.36 bits per heavy atom. The lowest BCUT2D eigenvalue weighted by Crippen LogP contribution is -2.36. The molecule has 0 unspecified atom stereocenters. The van der Waals surface area contributed by atoms with Gasteiger partial charge in [-0.05, 0) is 12.8 Å². The van der Waals surface area contributed by atoms with E-state index in [1.807, 2.05) is 0 Å². The van der Waals surface area contributed by atoms with E-state index in [0.29, 0.717) is 0 Å². The molecule has 6 heteroatoms. The number of alkyl halides is 3. The molecular formula is C8H13F3N2O. The van der Waals surface area contributed by atoms with E-state index in [-0.39, 0.29) is 25.0 Å². The Labute approximate surface area is 80.0 Å². The molecule has 1 amide bonds. The van der Waals surface area contributed by atoms with Crippen molar-refractivity contribution in [1.29, 1.82) is 0 Å². The van der Waals surface area contributed by atoms with Gasteiger partial charge in [0, 0.05) is 12.6 Å². The Kier molecular flexibility index (Phi) is 3.74. The van der Waals surface area contributed by atoms with Crippen LogP contribution in [0.4, 0.5) is 13.2 Å². The second-order valence-corrected chi connectivity index (χ2v) is 3.38. The van der Waals surface area contributed by atoms with Gasteiger partial charge in [-0.1, -0.05) is 0 Å². The van der Waals surface area contributed by atoms with Crippen molar-refractivity contribution >= 4 is 5.91 Å². The molecular weight excluding hydrogens is 197 g/mol. The van der Waals surface area contributed by atoms with Crippen LogP contribution in [0.3, 0.4) is 0 Å². The fourth-order valence-electron chi connectivity index (χ4n) is 0.938. The lowest BCUT2D eigenvalue weighted by atomic mass is 10.4. The van der Waals surface area contributed by atoms with E-state index < -0.39 is 12.6 Å². The third-order valence-corrected chi connectivity index (χ3v) is 1.81. The summed E-state index contributed by atoms with van der Waals surface area (Å²) in [6.45, 7) is -0.242. The first-order valence-electron chi connectivity index (χ1n) is 4.54. The molecule has 0 radical (unpaired) electrons. The number of hydrogen-bond donors (Lipinski definition) is 2. The summed E-state index contributed by atoms with van der Waals surface area (Å²) < 4.78 is 35.0. The molecule has 2 N–H and O–H groups in total. The smallest absolute Gasteiger partial charge is 0.352 e. The van der Waals surface area contributed by atoms with Crippen molar-refractivity contribution < 1.29 is 18.0 Å². The lowest BCUT2D eigenvalue weighted by molar-refractivity contribution is -0.134. The van der Waals surface area contributed by atoms with E-state index in [4.69, 9.17) is 0 Å². The fraction of sp³-hybridized carbons (Fsp3) is 0.875. The highest BCUT2D eigenvalue weighted by molar-refractivity contribution is 5.78. The quantitative estimate of drug-likeness (QED) is 0.659. The minimum atomic E-state index is -4.15. The first kappa shape index (κ1) is 11.3. The van der Waals surface area contributed by atoms with Crippen molar-refractivity contribution in [1.82, 2.24) is 10.6 Å². The van der Waals surface area contributed by atoms with E-state index in [0.717, 1.165) is 12.8 Å². The van der Waals surface area contributed by atoms with Gasteiger partial charge in [-0.3, -0.25) is 4.79 Å². The molecule has 1 rings (SSSR count). The largest absolute Gasteiger partial charge is 0.390 e. The number of carbonyl (C=O) groups is 1. The summed E-state index contributed by atoms with van der Waals surface area (Å²) in [5.41, 5.74) is 0. The number of amides is 1. The van der Waals surface area contributed by atoms with Crippen LogP contribution < -0.4 is 10.6 Å². The molecule has 82 valence electrons. The third kappa shape index (κ3) is 5.80. The molecule has 0 aromatic carbocycles. The van der Waals surface area contributed by atoms with E-state index >= 15 is 0 Å². The summed E-state index contributed by atoms with van der Waals surface area (Å²) in [6, 6.07) is 0.256. The Hall–Kier alpha value is -0.780. The number of hydrogen-bond acceptors (Lipinski definition) is 2. The molecule has 3 nitrogen and oxygen atoms in total. The molecule has 0 aromatic rings. The van der Waals surface area contributed by atoms with E-state index in [9.17, 15) is 18.0 Å². The number of carbonyl (C=O) groups excluding carboxylic acids is 1. The van der Waals surface area contributed by atoms with E-state index in [1.165, 1.54) is 0 Å². The predicted octanol–water partition coefficient (Wildman–Crippen LogP) is 0.807. The van der Waals surface area contributed by atoms with Crippen molar-refractivity contribution in [3.05, 3.63) is 0 Å². The van der Waals surface area contributed by atoms with Crippen LogP contribution in [-0.2, 0) is 4.79 Å². The SMILES string of the molecule is O=C(CNCCC(F)(F)F)NC1CC1. The highest BCUT2D eigenvalue weighted by Crippen LogP contribution is 2.18. The second-order valence-electron chi connectivity index (χ2n) is 3.38. The van der Waals surface area contributed by atoms with Gasteiger partial charge in [0.1, 0.15) is 0 Å². The maximum Gasteiger partial charge on any atom is 0.390 e. The highest BCUT2D eigenvalue weighted by Gasteiger charge is 2.26. The second kappa shape index (κ2) is 4.63. The maximum atomic E-state index is 11.7. The van der Waals surface area contributed by atoms with Crippen LogP contribution in [0, 0.1) is 0 Å². The summed E-state index contributed by atoms with van der Waals surface area (Å²) in [5.74, 6) is -0.227. The summed E-state index contributed by atoms with van der Waals surface area (Å²) in [5, 5.41) is 5.11. The molecule has 0 bridgehead atoms. The molecule has 14 heavy (non-hydrogen) atoms. The minimum Gasteiger partial charge on any atom is -0.352 e. The summed E-state index contributed by atoms with van der Waals surface area (Å²) in [4.78, 5) is 11.0.